The van der Waals surface area contributed by atoms with Gasteiger partial charge in [0.2, 0.25) is 0 Å². The number of pyridine rings is 1. The Balaban J connectivity index is 2.31. The van der Waals surface area contributed by atoms with E-state index in [2.05, 4.69) is 15.1 Å². The van der Waals surface area contributed by atoms with Crippen molar-refractivity contribution in [2.24, 2.45) is 14.1 Å². The lowest BCUT2D eigenvalue weighted by Crippen LogP contribution is -2.00. The summed E-state index contributed by atoms with van der Waals surface area (Å²) in [5, 5.41) is 4.12. The molecule has 0 bridgehead atoms. The number of hydrogen-bond donors (Lipinski definition) is 1. The van der Waals surface area contributed by atoms with Crippen LogP contribution in [0.4, 0.5) is 5.82 Å². The highest BCUT2D eigenvalue weighted by molar-refractivity contribution is 5.79. The molecule has 3 rings (SSSR count). The minimum Gasteiger partial charge on any atom is -0.383 e. The third-order valence-corrected chi connectivity index (χ3v) is 2.85. The van der Waals surface area contributed by atoms with E-state index in [1.54, 1.807) is 24.1 Å². The first kappa shape index (κ1) is 9.83. The van der Waals surface area contributed by atoms with Crippen molar-refractivity contribution in [3.63, 3.8) is 0 Å². The maximum Gasteiger partial charge on any atom is 0.160 e. The average Bonchev–Trinajstić information content (AvgIpc) is 2.83. The molecule has 0 aliphatic heterocycles. The molecule has 0 saturated carbocycles. The first-order valence-corrected chi connectivity index (χ1v) is 5.24. The zero-order chi connectivity index (χ0) is 12.0. The van der Waals surface area contributed by atoms with Crippen LogP contribution in [-0.2, 0) is 14.1 Å². The Morgan fingerprint density at radius 1 is 1.29 bits per heavy atom. The monoisotopic (exact) mass is 228 g/mol. The number of aryl methyl sites for hydroxylation is 2. The van der Waals surface area contributed by atoms with Crippen molar-refractivity contribution in [2.45, 2.75) is 0 Å². The van der Waals surface area contributed by atoms with Crippen molar-refractivity contribution in [3.8, 4) is 11.4 Å². The van der Waals surface area contributed by atoms with Crippen molar-refractivity contribution in [1.82, 2.24) is 24.3 Å². The van der Waals surface area contributed by atoms with E-state index in [1.807, 2.05) is 23.7 Å². The van der Waals surface area contributed by atoms with E-state index in [1.165, 1.54) is 0 Å². The third kappa shape index (κ3) is 1.30. The minimum absolute atomic E-state index is 0.600. The van der Waals surface area contributed by atoms with Gasteiger partial charge in [0.15, 0.2) is 5.65 Å². The molecule has 6 nitrogen and oxygen atoms in total. The SMILES string of the molecule is Cn1ncc(-c2nc3cccnc3n2C)c1N. The first-order chi connectivity index (χ1) is 8.18. The van der Waals surface area contributed by atoms with Gasteiger partial charge in [0.1, 0.15) is 17.2 Å². The van der Waals surface area contributed by atoms with Crippen LogP contribution in [0.5, 0.6) is 0 Å². The van der Waals surface area contributed by atoms with Gasteiger partial charge in [-0.2, -0.15) is 5.10 Å². The lowest BCUT2D eigenvalue weighted by Gasteiger charge is -2.00. The van der Waals surface area contributed by atoms with E-state index in [-0.39, 0.29) is 0 Å². The van der Waals surface area contributed by atoms with Gasteiger partial charge in [0, 0.05) is 20.3 Å². The van der Waals surface area contributed by atoms with Crippen LogP contribution in [0.3, 0.4) is 0 Å². The summed E-state index contributed by atoms with van der Waals surface area (Å²) in [6.07, 6.45) is 3.47. The molecular formula is C11H12N6. The summed E-state index contributed by atoms with van der Waals surface area (Å²) in [6.45, 7) is 0. The van der Waals surface area contributed by atoms with Crippen molar-refractivity contribution in [2.75, 3.05) is 5.73 Å². The lowest BCUT2D eigenvalue weighted by molar-refractivity contribution is 0.779. The molecule has 2 N–H and O–H groups in total. The normalized spacial score (nSPS) is 11.2. The van der Waals surface area contributed by atoms with Crippen LogP contribution < -0.4 is 5.73 Å². The molecule has 3 aromatic heterocycles. The Hall–Kier alpha value is -2.37. The summed E-state index contributed by atoms with van der Waals surface area (Å²) >= 11 is 0. The second-order valence-corrected chi connectivity index (χ2v) is 3.91. The maximum atomic E-state index is 5.95. The fraction of sp³-hybridized carbons (Fsp3) is 0.182. The van der Waals surface area contributed by atoms with Crippen molar-refractivity contribution >= 4 is 17.0 Å². The van der Waals surface area contributed by atoms with Crippen molar-refractivity contribution < 1.29 is 0 Å². The van der Waals surface area contributed by atoms with E-state index < -0.39 is 0 Å². The van der Waals surface area contributed by atoms with Gasteiger partial charge in [-0.3, -0.25) is 4.68 Å². The van der Waals surface area contributed by atoms with E-state index >= 15 is 0 Å². The number of anilines is 1. The molecule has 0 saturated heterocycles. The van der Waals surface area contributed by atoms with Crippen LogP contribution in [0.25, 0.3) is 22.6 Å². The van der Waals surface area contributed by atoms with E-state index in [0.29, 0.717) is 5.82 Å². The Bertz CT molecular complexity index is 693. The van der Waals surface area contributed by atoms with Crippen LogP contribution in [0, 0.1) is 0 Å². The number of fused-ring (bicyclic) bond motifs is 1. The molecule has 0 unspecified atom stereocenters. The lowest BCUT2D eigenvalue weighted by atomic mass is 10.3. The second-order valence-electron chi connectivity index (χ2n) is 3.91. The van der Waals surface area contributed by atoms with Gasteiger partial charge in [-0.05, 0) is 12.1 Å². The Morgan fingerprint density at radius 3 is 2.76 bits per heavy atom. The van der Waals surface area contributed by atoms with E-state index in [0.717, 1.165) is 22.6 Å². The van der Waals surface area contributed by atoms with E-state index in [4.69, 9.17) is 5.73 Å². The van der Waals surface area contributed by atoms with Gasteiger partial charge >= 0.3 is 0 Å². The predicted octanol–water partition coefficient (Wildman–Crippen LogP) is 0.951. The van der Waals surface area contributed by atoms with Crippen LogP contribution in [0.1, 0.15) is 0 Å². The molecule has 0 amide bonds. The van der Waals surface area contributed by atoms with Gasteiger partial charge in [-0.25, -0.2) is 9.97 Å². The van der Waals surface area contributed by atoms with Crippen LogP contribution >= 0.6 is 0 Å². The summed E-state index contributed by atoms with van der Waals surface area (Å²) in [4.78, 5) is 8.82. The maximum absolute atomic E-state index is 5.95. The molecule has 0 radical (unpaired) electrons. The number of imidazole rings is 1. The van der Waals surface area contributed by atoms with Crippen molar-refractivity contribution in [1.29, 1.82) is 0 Å². The molecule has 17 heavy (non-hydrogen) atoms. The van der Waals surface area contributed by atoms with Gasteiger partial charge < -0.3 is 10.3 Å². The standard InChI is InChI=1S/C11H12N6/c1-16-10(7-6-14-17(2)9(7)12)15-8-4-3-5-13-11(8)16/h3-6H,12H2,1-2H3. The Morgan fingerprint density at radius 2 is 2.12 bits per heavy atom. The number of nitrogens with two attached hydrogens (primary N) is 1. The van der Waals surface area contributed by atoms with Crippen LogP contribution in [0.15, 0.2) is 24.5 Å². The number of rotatable bonds is 1. The molecule has 86 valence electrons. The second kappa shape index (κ2) is 3.31. The van der Waals surface area contributed by atoms with Gasteiger partial charge in [-0.15, -0.1) is 0 Å². The van der Waals surface area contributed by atoms with Crippen LogP contribution in [0.2, 0.25) is 0 Å². The number of nitrogens with zero attached hydrogens (tertiary/aromatic N) is 5. The topological polar surface area (TPSA) is 74.5 Å². The molecule has 0 aliphatic rings. The Kier molecular flexibility index (Phi) is 1.91. The molecule has 3 heterocycles. The zero-order valence-electron chi connectivity index (χ0n) is 9.62. The molecule has 0 spiro atoms. The molecular weight excluding hydrogens is 216 g/mol. The smallest absolute Gasteiger partial charge is 0.160 e. The molecule has 0 aromatic carbocycles. The number of hydrogen-bond acceptors (Lipinski definition) is 4. The zero-order valence-corrected chi connectivity index (χ0v) is 9.62. The third-order valence-electron chi connectivity index (χ3n) is 2.85. The largest absolute Gasteiger partial charge is 0.383 e. The first-order valence-electron chi connectivity index (χ1n) is 5.24. The number of aromatic nitrogens is 5. The number of nitrogen functional groups attached to an aromatic ring is 1. The fourth-order valence-corrected chi connectivity index (χ4v) is 1.88. The summed E-state index contributed by atoms with van der Waals surface area (Å²) in [5.74, 6) is 1.38. The molecule has 0 fully saturated rings. The highest BCUT2D eigenvalue weighted by Crippen LogP contribution is 2.26. The summed E-state index contributed by atoms with van der Waals surface area (Å²) in [6, 6.07) is 3.80. The summed E-state index contributed by atoms with van der Waals surface area (Å²) in [7, 11) is 3.73. The van der Waals surface area contributed by atoms with Gasteiger partial charge in [0.05, 0.1) is 11.8 Å². The fourth-order valence-electron chi connectivity index (χ4n) is 1.88. The summed E-state index contributed by atoms with van der Waals surface area (Å²) < 4.78 is 3.55. The molecule has 6 heteroatoms. The van der Waals surface area contributed by atoms with Crippen molar-refractivity contribution in [3.05, 3.63) is 24.5 Å². The molecule has 0 atom stereocenters. The van der Waals surface area contributed by atoms with Gasteiger partial charge in [-0.1, -0.05) is 0 Å². The summed E-state index contributed by atoms with van der Waals surface area (Å²) in [5.41, 5.74) is 8.47. The van der Waals surface area contributed by atoms with Gasteiger partial charge in [0.25, 0.3) is 0 Å². The highest BCUT2D eigenvalue weighted by Gasteiger charge is 2.15. The van der Waals surface area contributed by atoms with E-state index in [9.17, 15) is 0 Å². The minimum atomic E-state index is 0.600. The highest BCUT2D eigenvalue weighted by atomic mass is 15.3. The predicted molar refractivity (Wildman–Crippen MR) is 65.1 cm³/mol. The average molecular weight is 228 g/mol. The molecule has 0 aliphatic carbocycles. The Labute approximate surface area is 97.7 Å². The van der Waals surface area contributed by atoms with Crippen LogP contribution in [-0.4, -0.2) is 24.3 Å². The quantitative estimate of drug-likeness (QED) is 0.673. The molecule has 3 aromatic rings.